The van der Waals surface area contributed by atoms with Crippen LogP contribution < -0.4 is 16.0 Å². The summed E-state index contributed by atoms with van der Waals surface area (Å²) in [7, 11) is 3.14. The van der Waals surface area contributed by atoms with Crippen LogP contribution in [0.5, 0.6) is 5.75 Å². The second-order valence-corrected chi connectivity index (χ2v) is 7.06. The number of hydrogen-bond acceptors (Lipinski definition) is 5. The highest BCUT2D eigenvalue weighted by molar-refractivity contribution is 5.81. The SMILES string of the molecule is COc1cccc(-n2c(C)cn3c4c(=O)n([C@@H](C)C(C)=O)c(=O)n(C)c4nc23)c1. The number of methoxy groups -OCH3 is 1. The number of aromatic nitrogens is 5. The second-order valence-electron chi connectivity index (χ2n) is 7.06. The summed E-state index contributed by atoms with van der Waals surface area (Å²) >= 11 is 0. The summed E-state index contributed by atoms with van der Waals surface area (Å²) in [4.78, 5) is 42.4. The highest BCUT2D eigenvalue weighted by Gasteiger charge is 2.24. The topological polar surface area (TPSA) is 92.5 Å². The van der Waals surface area contributed by atoms with Gasteiger partial charge in [0.05, 0.1) is 18.8 Å². The second kappa shape index (κ2) is 6.47. The third-order valence-electron chi connectivity index (χ3n) is 5.26. The average molecular weight is 395 g/mol. The monoisotopic (exact) mass is 395 g/mol. The standard InChI is InChI=1S/C20H21N5O4/c1-11-10-23-16-17(22(4)20(28)25(18(16)27)12(2)13(3)26)21-19(23)24(11)14-7-6-8-15(9-14)29-5/h6-10,12H,1-5H3/t12-/m0/s1. The number of carbonyl (C=O) groups is 1. The highest BCUT2D eigenvalue weighted by Crippen LogP contribution is 2.23. The molecule has 0 bridgehead atoms. The van der Waals surface area contributed by atoms with Crippen LogP contribution in [0.3, 0.4) is 0 Å². The van der Waals surface area contributed by atoms with Crippen molar-refractivity contribution in [2.24, 2.45) is 7.05 Å². The highest BCUT2D eigenvalue weighted by atomic mass is 16.5. The molecule has 4 aromatic rings. The van der Waals surface area contributed by atoms with Crippen molar-refractivity contribution in [1.29, 1.82) is 0 Å². The number of aryl methyl sites for hydroxylation is 2. The lowest BCUT2D eigenvalue weighted by Crippen LogP contribution is -2.42. The molecule has 0 aliphatic rings. The normalized spacial score (nSPS) is 12.6. The van der Waals surface area contributed by atoms with Gasteiger partial charge in [0, 0.05) is 25.0 Å². The predicted molar refractivity (Wildman–Crippen MR) is 108 cm³/mol. The van der Waals surface area contributed by atoms with Crippen molar-refractivity contribution in [3.8, 4) is 11.4 Å². The predicted octanol–water partition coefficient (Wildman–Crippen LogP) is 1.61. The summed E-state index contributed by atoms with van der Waals surface area (Å²) in [5, 5.41) is 0. The van der Waals surface area contributed by atoms with E-state index < -0.39 is 17.3 Å². The minimum Gasteiger partial charge on any atom is -0.497 e. The number of ether oxygens (including phenoxy) is 1. The molecule has 1 atom stereocenters. The minimum atomic E-state index is -0.863. The van der Waals surface area contributed by atoms with E-state index in [0.717, 1.165) is 15.9 Å². The molecule has 0 amide bonds. The molecule has 4 rings (SSSR count). The van der Waals surface area contributed by atoms with Crippen LogP contribution in [0.1, 0.15) is 25.6 Å². The van der Waals surface area contributed by atoms with Crippen molar-refractivity contribution in [3.05, 3.63) is 57.0 Å². The fraction of sp³-hybridized carbons (Fsp3) is 0.300. The zero-order chi connectivity index (χ0) is 21.0. The summed E-state index contributed by atoms with van der Waals surface area (Å²) in [6.45, 7) is 4.80. The van der Waals surface area contributed by atoms with Gasteiger partial charge >= 0.3 is 5.69 Å². The Balaban J connectivity index is 2.12. The zero-order valence-electron chi connectivity index (χ0n) is 16.8. The first-order valence-corrected chi connectivity index (χ1v) is 9.12. The number of benzene rings is 1. The number of fused-ring (bicyclic) bond motifs is 3. The third-order valence-corrected chi connectivity index (χ3v) is 5.26. The van der Waals surface area contributed by atoms with E-state index in [2.05, 4.69) is 4.98 Å². The summed E-state index contributed by atoms with van der Waals surface area (Å²) in [6.07, 6.45) is 1.79. The van der Waals surface area contributed by atoms with Gasteiger partial charge in [-0.2, -0.15) is 4.98 Å². The number of nitrogens with zero attached hydrogens (tertiary/aromatic N) is 5. The Hall–Kier alpha value is -3.62. The molecule has 0 spiro atoms. The molecule has 0 unspecified atom stereocenters. The van der Waals surface area contributed by atoms with Gasteiger partial charge in [-0.1, -0.05) is 6.07 Å². The van der Waals surface area contributed by atoms with E-state index in [1.807, 2.05) is 35.8 Å². The molecule has 0 saturated heterocycles. The molecule has 9 nitrogen and oxygen atoms in total. The molecule has 29 heavy (non-hydrogen) atoms. The molecular weight excluding hydrogens is 374 g/mol. The summed E-state index contributed by atoms with van der Waals surface area (Å²) in [5.74, 6) is 0.912. The lowest BCUT2D eigenvalue weighted by atomic mass is 10.2. The molecule has 0 radical (unpaired) electrons. The minimum absolute atomic E-state index is 0.250. The molecule has 0 aliphatic heterocycles. The molecule has 9 heteroatoms. The Labute approximate surface area is 165 Å². The largest absolute Gasteiger partial charge is 0.497 e. The van der Waals surface area contributed by atoms with Gasteiger partial charge < -0.3 is 4.74 Å². The fourth-order valence-electron chi connectivity index (χ4n) is 3.57. The van der Waals surface area contributed by atoms with E-state index >= 15 is 0 Å². The van der Waals surface area contributed by atoms with E-state index in [1.54, 1.807) is 31.7 Å². The first kappa shape index (κ1) is 18.7. The van der Waals surface area contributed by atoms with Crippen LogP contribution >= 0.6 is 0 Å². The van der Waals surface area contributed by atoms with Crippen LogP contribution in [0.4, 0.5) is 0 Å². The van der Waals surface area contributed by atoms with Gasteiger partial charge in [-0.3, -0.25) is 23.1 Å². The maximum atomic E-state index is 13.2. The van der Waals surface area contributed by atoms with Crippen molar-refractivity contribution in [3.63, 3.8) is 0 Å². The number of carbonyl (C=O) groups excluding carboxylic acids is 1. The molecule has 3 aromatic heterocycles. The van der Waals surface area contributed by atoms with E-state index in [9.17, 15) is 14.4 Å². The van der Waals surface area contributed by atoms with Crippen LogP contribution in [0.2, 0.25) is 0 Å². The Morgan fingerprint density at radius 1 is 1.24 bits per heavy atom. The van der Waals surface area contributed by atoms with Gasteiger partial charge in [-0.25, -0.2) is 9.36 Å². The van der Waals surface area contributed by atoms with Crippen molar-refractivity contribution < 1.29 is 9.53 Å². The van der Waals surface area contributed by atoms with E-state index in [-0.39, 0.29) is 16.9 Å². The lowest BCUT2D eigenvalue weighted by Gasteiger charge is -2.12. The smallest absolute Gasteiger partial charge is 0.333 e. The van der Waals surface area contributed by atoms with Gasteiger partial charge in [0.1, 0.15) is 5.75 Å². The molecule has 0 fully saturated rings. The first-order valence-electron chi connectivity index (χ1n) is 9.12. The van der Waals surface area contributed by atoms with Crippen molar-refractivity contribution in [1.82, 2.24) is 23.1 Å². The van der Waals surface area contributed by atoms with E-state index in [4.69, 9.17) is 4.74 Å². The van der Waals surface area contributed by atoms with E-state index in [0.29, 0.717) is 11.5 Å². The molecule has 0 saturated carbocycles. The Morgan fingerprint density at radius 2 is 1.97 bits per heavy atom. The molecule has 3 heterocycles. The van der Waals surface area contributed by atoms with Gasteiger partial charge in [-0.05, 0) is 32.9 Å². The Kier molecular flexibility index (Phi) is 4.18. The summed E-state index contributed by atoms with van der Waals surface area (Å²) in [6, 6.07) is 6.61. The maximum absolute atomic E-state index is 13.2. The Bertz CT molecular complexity index is 1400. The third kappa shape index (κ3) is 2.61. The van der Waals surface area contributed by atoms with Gasteiger partial charge in [-0.15, -0.1) is 0 Å². The fourth-order valence-corrected chi connectivity index (χ4v) is 3.57. The van der Waals surface area contributed by atoms with E-state index in [1.165, 1.54) is 11.5 Å². The molecule has 0 N–H and O–H groups in total. The number of rotatable bonds is 4. The quantitative estimate of drug-likeness (QED) is 0.523. The average Bonchev–Trinajstić information content (AvgIpc) is 3.20. The molecule has 0 aliphatic carbocycles. The summed E-state index contributed by atoms with van der Waals surface area (Å²) in [5.41, 5.74) is 1.06. The maximum Gasteiger partial charge on any atom is 0.333 e. The lowest BCUT2D eigenvalue weighted by molar-refractivity contribution is -0.119. The van der Waals surface area contributed by atoms with Crippen molar-refractivity contribution in [2.45, 2.75) is 26.8 Å². The zero-order valence-corrected chi connectivity index (χ0v) is 16.8. The van der Waals surface area contributed by atoms with Crippen LogP contribution in [-0.4, -0.2) is 36.0 Å². The first-order chi connectivity index (χ1) is 13.8. The summed E-state index contributed by atoms with van der Waals surface area (Å²) < 4.78 is 11.1. The van der Waals surface area contributed by atoms with Gasteiger partial charge in [0.2, 0.25) is 5.78 Å². The number of ketones is 1. The van der Waals surface area contributed by atoms with Crippen LogP contribution in [-0.2, 0) is 11.8 Å². The van der Waals surface area contributed by atoms with Crippen molar-refractivity contribution >= 4 is 22.7 Å². The number of hydrogen-bond donors (Lipinski definition) is 0. The molecule has 1 aromatic carbocycles. The number of imidazole rings is 2. The molecular formula is C20H21N5O4. The van der Waals surface area contributed by atoms with Crippen molar-refractivity contribution in [2.75, 3.05) is 7.11 Å². The van der Waals surface area contributed by atoms with Crippen LogP contribution in [0, 0.1) is 6.92 Å². The van der Waals surface area contributed by atoms with Crippen LogP contribution in [0.15, 0.2) is 40.1 Å². The van der Waals surface area contributed by atoms with Gasteiger partial charge in [0.25, 0.3) is 5.56 Å². The van der Waals surface area contributed by atoms with Crippen LogP contribution in [0.25, 0.3) is 22.6 Å². The number of Topliss-reactive ketones (excluding diaryl/α,β-unsaturated/α-hetero) is 1. The van der Waals surface area contributed by atoms with Gasteiger partial charge in [0.15, 0.2) is 16.9 Å². The Morgan fingerprint density at radius 3 is 2.62 bits per heavy atom. The molecule has 150 valence electrons.